The SMILES string of the molecule is Cc1cc(O)c(-c2ccccc2)c([Si](C)(C)C(C)(C)C)c1.[Cl][Ti][Cl]. The summed E-state index contributed by atoms with van der Waals surface area (Å²) in [4.78, 5) is 0. The monoisotopic (exact) mass is 416 g/mol. The van der Waals surface area contributed by atoms with Gasteiger partial charge in [0.15, 0.2) is 0 Å². The van der Waals surface area contributed by atoms with Gasteiger partial charge >= 0.3 is 35.6 Å². The molecule has 0 amide bonds. The van der Waals surface area contributed by atoms with Gasteiger partial charge in [-0.2, -0.15) is 0 Å². The van der Waals surface area contributed by atoms with Gasteiger partial charge in [0, 0.05) is 5.56 Å². The van der Waals surface area contributed by atoms with E-state index >= 15 is 0 Å². The number of rotatable bonds is 2. The Morgan fingerprint density at radius 2 is 1.50 bits per heavy atom. The third-order valence-corrected chi connectivity index (χ3v) is 10.4. The maximum atomic E-state index is 10.6. The summed E-state index contributed by atoms with van der Waals surface area (Å²) in [5, 5.41) is 12.2. The first kappa shape index (κ1) is 21.8. The van der Waals surface area contributed by atoms with Gasteiger partial charge in [0.05, 0.1) is 8.07 Å². The molecule has 130 valence electrons. The maximum absolute atomic E-state index is 10.6. The molecule has 0 fully saturated rings. The fourth-order valence-corrected chi connectivity index (χ4v) is 4.87. The fourth-order valence-electron chi connectivity index (χ4n) is 2.57. The molecule has 2 aromatic carbocycles. The Hall–Kier alpha value is -0.249. The van der Waals surface area contributed by atoms with Crippen LogP contribution in [-0.2, 0) is 17.0 Å². The third kappa shape index (κ3) is 5.12. The van der Waals surface area contributed by atoms with Crippen molar-refractivity contribution in [3.05, 3.63) is 48.0 Å². The summed E-state index contributed by atoms with van der Waals surface area (Å²) < 4.78 is 0. The summed E-state index contributed by atoms with van der Waals surface area (Å²) in [6.45, 7) is 13.8. The molecule has 2 aromatic rings. The number of aromatic hydroxyl groups is 1. The summed E-state index contributed by atoms with van der Waals surface area (Å²) in [5.41, 5.74) is 3.26. The second-order valence-electron chi connectivity index (χ2n) is 7.52. The summed E-state index contributed by atoms with van der Waals surface area (Å²) in [6, 6.07) is 14.4. The summed E-state index contributed by atoms with van der Waals surface area (Å²) >= 11 is -0.556. The molecule has 0 unspecified atom stereocenters. The number of hydrogen-bond donors (Lipinski definition) is 1. The number of benzene rings is 2. The minimum atomic E-state index is -1.73. The predicted molar refractivity (Wildman–Crippen MR) is 107 cm³/mol. The van der Waals surface area contributed by atoms with E-state index in [9.17, 15) is 5.11 Å². The van der Waals surface area contributed by atoms with Crippen LogP contribution < -0.4 is 5.19 Å². The molecule has 0 bridgehead atoms. The van der Waals surface area contributed by atoms with Gasteiger partial charge in [0.2, 0.25) is 0 Å². The molecular weight excluding hydrogens is 391 g/mol. The predicted octanol–water partition coefficient (Wildman–Crippen LogP) is 6.46. The molecule has 0 saturated heterocycles. The molecule has 5 heteroatoms. The van der Waals surface area contributed by atoms with Crippen molar-refractivity contribution in [3.8, 4) is 16.9 Å². The number of phenols is 1. The molecule has 0 aliphatic heterocycles. The van der Waals surface area contributed by atoms with Gasteiger partial charge in [-0.3, -0.25) is 0 Å². The Morgan fingerprint density at radius 3 is 1.96 bits per heavy atom. The first-order valence-corrected chi connectivity index (χ1v) is 15.2. The Bertz CT molecular complexity index is 667. The molecule has 0 aromatic heterocycles. The van der Waals surface area contributed by atoms with Gasteiger partial charge in [-0.1, -0.05) is 70.3 Å². The summed E-state index contributed by atoms with van der Waals surface area (Å²) in [5.74, 6) is 0.404. The van der Waals surface area contributed by atoms with Gasteiger partial charge in [-0.15, -0.1) is 0 Å². The van der Waals surface area contributed by atoms with Crippen LogP contribution in [0.25, 0.3) is 11.1 Å². The van der Waals surface area contributed by atoms with Gasteiger partial charge in [0.1, 0.15) is 5.75 Å². The molecule has 0 heterocycles. The van der Waals surface area contributed by atoms with E-state index in [1.54, 1.807) is 0 Å². The van der Waals surface area contributed by atoms with Crippen molar-refractivity contribution < 1.29 is 22.1 Å². The van der Waals surface area contributed by atoms with Crippen molar-refractivity contribution in [1.82, 2.24) is 0 Å². The molecule has 1 N–H and O–H groups in total. The van der Waals surface area contributed by atoms with Crippen LogP contribution in [0.4, 0.5) is 0 Å². The molecule has 24 heavy (non-hydrogen) atoms. The molecule has 0 radical (unpaired) electrons. The Morgan fingerprint density at radius 1 is 1.00 bits per heavy atom. The number of halogens is 2. The Labute approximate surface area is 164 Å². The normalized spacial score (nSPS) is 11.5. The topological polar surface area (TPSA) is 20.2 Å². The van der Waals surface area contributed by atoms with Crippen molar-refractivity contribution in [1.29, 1.82) is 0 Å². The molecule has 0 spiro atoms. The quantitative estimate of drug-likeness (QED) is 0.556. The molecule has 0 atom stereocenters. The standard InChI is InChI=1S/C19H26OSi.2ClH.Ti/c1-14-12-16(20)18(15-10-8-7-9-11-15)17(13-14)21(5,6)19(2,3)4;;;/h7-13,20H,1-6H3;2*1H;/q;;;+2/p-2. The fraction of sp³-hybridized carbons (Fsp3) is 0.368. The first-order chi connectivity index (χ1) is 11.1. The zero-order chi connectivity index (χ0) is 18.5. The van der Waals surface area contributed by atoms with Gasteiger partial charge in [0.25, 0.3) is 0 Å². The average Bonchev–Trinajstić information content (AvgIpc) is 2.47. The van der Waals surface area contributed by atoms with Crippen molar-refractivity contribution in [2.45, 2.75) is 45.8 Å². The van der Waals surface area contributed by atoms with E-state index in [2.05, 4.69) is 59.0 Å². The average molecular weight is 417 g/mol. The first-order valence-electron chi connectivity index (χ1n) is 7.92. The molecule has 2 rings (SSSR count). The van der Waals surface area contributed by atoms with Crippen molar-refractivity contribution in [3.63, 3.8) is 0 Å². The summed E-state index contributed by atoms with van der Waals surface area (Å²) in [6.07, 6.45) is 0. The van der Waals surface area contributed by atoms with Gasteiger partial charge in [-0.05, 0) is 34.3 Å². The van der Waals surface area contributed by atoms with E-state index in [1.165, 1.54) is 5.19 Å². The van der Waals surface area contributed by atoms with Crippen molar-refractivity contribution in [2.24, 2.45) is 0 Å². The van der Waals surface area contributed by atoms with E-state index in [4.69, 9.17) is 18.6 Å². The molecule has 0 saturated carbocycles. The van der Waals surface area contributed by atoms with E-state index in [0.717, 1.165) is 16.7 Å². The van der Waals surface area contributed by atoms with Crippen LogP contribution in [0.2, 0.25) is 18.1 Å². The number of hydrogen-bond acceptors (Lipinski definition) is 1. The minimum absolute atomic E-state index is 0.233. The van der Waals surface area contributed by atoms with Gasteiger partial charge in [-0.25, -0.2) is 0 Å². The van der Waals surface area contributed by atoms with Crippen LogP contribution in [0, 0.1) is 6.92 Å². The Kier molecular flexibility index (Phi) is 8.09. The van der Waals surface area contributed by atoms with Crippen LogP contribution in [-0.4, -0.2) is 13.2 Å². The number of phenolic OH excluding ortho intramolecular Hbond substituents is 1. The van der Waals surface area contributed by atoms with Gasteiger partial charge < -0.3 is 5.11 Å². The van der Waals surface area contributed by atoms with Crippen LogP contribution in [0.3, 0.4) is 0 Å². The zero-order valence-corrected chi connectivity index (χ0v) is 19.3. The Balaban J connectivity index is 0.000000891. The molecule has 0 aliphatic rings. The third-order valence-electron chi connectivity index (χ3n) is 4.87. The molecule has 0 aliphatic carbocycles. The summed E-state index contributed by atoms with van der Waals surface area (Å²) in [7, 11) is 8.05. The van der Waals surface area contributed by atoms with E-state index < -0.39 is 25.1 Å². The molecule has 1 nitrogen and oxygen atoms in total. The van der Waals surface area contributed by atoms with Crippen LogP contribution >= 0.6 is 18.6 Å². The van der Waals surface area contributed by atoms with E-state index in [0.29, 0.717) is 5.75 Å². The van der Waals surface area contributed by atoms with E-state index in [1.807, 2.05) is 24.3 Å². The van der Waals surface area contributed by atoms with Crippen molar-refractivity contribution >= 4 is 31.9 Å². The van der Waals surface area contributed by atoms with Crippen LogP contribution in [0.15, 0.2) is 42.5 Å². The second-order valence-corrected chi connectivity index (χ2v) is 15.4. The molecular formula is C19H26Cl2OSiTi. The number of aryl methyl sites for hydroxylation is 1. The van der Waals surface area contributed by atoms with Crippen molar-refractivity contribution in [2.75, 3.05) is 0 Å². The van der Waals surface area contributed by atoms with Crippen LogP contribution in [0.5, 0.6) is 5.75 Å². The van der Waals surface area contributed by atoms with E-state index in [-0.39, 0.29) is 5.04 Å². The second kappa shape index (κ2) is 8.91. The zero-order valence-electron chi connectivity index (χ0n) is 15.2. The van der Waals surface area contributed by atoms with Crippen LogP contribution in [0.1, 0.15) is 26.3 Å².